The number of hydrogen-bond donors (Lipinski definition) is 1. The van der Waals surface area contributed by atoms with Crippen LogP contribution in [-0.4, -0.2) is 17.4 Å². The smallest absolute Gasteiger partial charge is 0.269 e. The Balaban J connectivity index is 1.86. The number of nitrogens with zero attached hydrogens (tertiary/aromatic N) is 2. The summed E-state index contributed by atoms with van der Waals surface area (Å²) in [5, 5.41) is 10.5. The Morgan fingerprint density at radius 2 is 1.81 bits per heavy atom. The number of primary amides is 1. The standard InChI is InChI=1S/C14H13N3O4/c15-14(18)11-5-7-16(8-6-11)9-10-21-13-3-1-12(2-4-13)17(19)20/h1-8H,9-10H2,(H-,15,18)/p+1. The van der Waals surface area contributed by atoms with E-state index < -0.39 is 10.8 Å². The first-order valence-electron chi connectivity index (χ1n) is 6.22. The van der Waals surface area contributed by atoms with Crippen molar-refractivity contribution < 1.29 is 19.0 Å². The summed E-state index contributed by atoms with van der Waals surface area (Å²) in [6.07, 6.45) is 3.47. The zero-order valence-corrected chi connectivity index (χ0v) is 11.1. The fourth-order valence-corrected chi connectivity index (χ4v) is 1.70. The molecule has 2 N–H and O–H groups in total. The highest BCUT2D eigenvalue weighted by molar-refractivity contribution is 5.92. The molecule has 7 heteroatoms. The molecule has 2 rings (SSSR count). The number of ether oxygens (including phenoxy) is 1. The molecular weight excluding hydrogens is 274 g/mol. The summed E-state index contributed by atoms with van der Waals surface area (Å²) in [7, 11) is 0. The van der Waals surface area contributed by atoms with Crippen LogP contribution in [0.1, 0.15) is 10.4 Å². The maximum absolute atomic E-state index is 10.9. The van der Waals surface area contributed by atoms with E-state index in [4.69, 9.17) is 10.5 Å². The number of pyridine rings is 1. The Bertz CT molecular complexity index is 581. The van der Waals surface area contributed by atoms with E-state index in [9.17, 15) is 14.9 Å². The van der Waals surface area contributed by atoms with Gasteiger partial charge in [0.05, 0.1) is 10.5 Å². The number of nitro groups is 1. The van der Waals surface area contributed by atoms with Crippen molar-refractivity contribution in [3.63, 3.8) is 0 Å². The Morgan fingerprint density at radius 3 is 2.33 bits per heavy atom. The van der Waals surface area contributed by atoms with Gasteiger partial charge in [0.15, 0.2) is 18.9 Å². The molecule has 108 valence electrons. The molecule has 0 saturated carbocycles. The van der Waals surface area contributed by atoms with E-state index in [1.54, 1.807) is 36.7 Å². The minimum absolute atomic E-state index is 0.0266. The number of hydrogen-bond acceptors (Lipinski definition) is 4. The highest BCUT2D eigenvalue weighted by atomic mass is 16.6. The van der Waals surface area contributed by atoms with Crippen LogP contribution >= 0.6 is 0 Å². The van der Waals surface area contributed by atoms with Crippen molar-refractivity contribution in [2.24, 2.45) is 5.73 Å². The van der Waals surface area contributed by atoms with Gasteiger partial charge in [0.1, 0.15) is 12.4 Å². The second-order valence-corrected chi connectivity index (χ2v) is 4.29. The SMILES string of the molecule is NC(=O)c1cc[n+](CCOc2ccc([N+](=O)[O-])cc2)cc1. The van der Waals surface area contributed by atoms with Gasteiger partial charge in [0.2, 0.25) is 5.91 Å². The topological polar surface area (TPSA) is 99.3 Å². The van der Waals surface area contributed by atoms with Gasteiger partial charge < -0.3 is 10.5 Å². The van der Waals surface area contributed by atoms with Crippen molar-refractivity contribution in [2.45, 2.75) is 6.54 Å². The predicted molar refractivity (Wildman–Crippen MR) is 73.7 cm³/mol. The van der Waals surface area contributed by atoms with Gasteiger partial charge in [0.25, 0.3) is 5.69 Å². The zero-order valence-electron chi connectivity index (χ0n) is 11.1. The lowest BCUT2D eigenvalue weighted by molar-refractivity contribution is -0.697. The second kappa shape index (κ2) is 6.47. The van der Waals surface area contributed by atoms with Gasteiger partial charge in [-0.15, -0.1) is 0 Å². The third-order valence-electron chi connectivity index (χ3n) is 2.84. The van der Waals surface area contributed by atoms with Crippen LogP contribution in [0.4, 0.5) is 5.69 Å². The molecule has 21 heavy (non-hydrogen) atoms. The number of non-ortho nitro benzene ring substituents is 1. The van der Waals surface area contributed by atoms with Crippen molar-refractivity contribution in [3.8, 4) is 5.75 Å². The minimum Gasteiger partial charge on any atom is -0.487 e. The molecule has 0 atom stereocenters. The van der Waals surface area contributed by atoms with E-state index in [2.05, 4.69) is 0 Å². The minimum atomic E-state index is -0.468. The number of amides is 1. The molecule has 0 aliphatic heterocycles. The number of carbonyl (C=O) groups excluding carboxylic acids is 1. The molecule has 0 unspecified atom stereocenters. The third kappa shape index (κ3) is 4.00. The van der Waals surface area contributed by atoms with Gasteiger partial charge in [-0.1, -0.05) is 0 Å². The molecule has 1 heterocycles. The Kier molecular flexibility index (Phi) is 4.45. The maximum atomic E-state index is 10.9. The predicted octanol–water partition coefficient (Wildman–Crippen LogP) is 1.06. The number of aromatic nitrogens is 1. The van der Waals surface area contributed by atoms with Crippen molar-refractivity contribution in [2.75, 3.05) is 6.61 Å². The van der Waals surface area contributed by atoms with Crippen LogP contribution in [0.2, 0.25) is 0 Å². The molecule has 0 aliphatic carbocycles. The summed E-state index contributed by atoms with van der Waals surface area (Å²) in [5.74, 6) is 0.0965. The van der Waals surface area contributed by atoms with E-state index in [1.165, 1.54) is 12.1 Å². The van der Waals surface area contributed by atoms with E-state index >= 15 is 0 Å². The average molecular weight is 288 g/mol. The zero-order chi connectivity index (χ0) is 15.2. The molecule has 0 radical (unpaired) electrons. The van der Waals surface area contributed by atoms with Crippen LogP contribution in [-0.2, 0) is 6.54 Å². The summed E-state index contributed by atoms with van der Waals surface area (Å²) < 4.78 is 7.33. The highest BCUT2D eigenvalue weighted by Crippen LogP contribution is 2.16. The molecule has 1 aromatic heterocycles. The van der Waals surface area contributed by atoms with Crippen LogP contribution in [0.15, 0.2) is 48.8 Å². The summed E-state index contributed by atoms with van der Waals surface area (Å²) >= 11 is 0. The summed E-state index contributed by atoms with van der Waals surface area (Å²) in [6.45, 7) is 0.981. The monoisotopic (exact) mass is 288 g/mol. The maximum Gasteiger partial charge on any atom is 0.269 e. The molecule has 2 aromatic rings. The first-order valence-corrected chi connectivity index (χ1v) is 6.22. The number of nitro benzene ring substituents is 1. The Hall–Kier alpha value is -2.96. The van der Waals surface area contributed by atoms with E-state index in [1.807, 2.05) is 4.57 Å². The highest BCUT2D eigenvalue weighted by Gasteiger charge is 2.06. The van der Waals surface area contributed by atoms with E-state index in [0.29, 0.717) is 24.5 Å². The lowest BCUT2D eigenvalue weighted by Crippen LogP contribution is -2.36. The number of benzene rings is 1. The lowest BCUT2D eigenvalue weighted by atomic mass is 10.2. The Morgan fingerprint density at radius 1 is 1.19 bits per heavy atom. The molecule has 1 aromatic carbocycles. The second-order valence-electron chi connectivity index (χ2n) is 4.29. The molecule has 7 nitrogen and oxygen atoms in total. The van der Waals surface area contributed by atoms with Crippen LogP contribution < -0.4 is 15.0 Å². The van der Waals surface area contributed by atoms with Gasteiger partial charge >= 0.3 is 0 Å². The van der Waals surface area contributed by atoms with E-state index in [0.717, 1.165) is 0 Å². The summed E-state index contributed by atoms with van der Waals surface area (Å²) in [6, 6.07) is 9.16. The van der Waals surface area contributed by atoms with Gasteiger partial charge in [-0.2, -0.15) is 0 Å². The first-order chi connectivity index (χ1) is 10.1. The summed E-state index contributed by atoms with van der Waals surface area (Å²) in [5.41, 5.74) is 5.63. The molecule has 0 aliphatic rings. The van der Waals surface area contributed by atoms with Crippen LogP contribution in [0.5, 0.6) is 5.75 Å². The molecule has 0 spiro atoms. The van der Waals surface area contributed by atoms with Gasteiger partial charge in [-0.25, -0.2) is 4.57 Å². The normalized spacial score (nSPS) is 10.1. The molecule has 0 fully saturated rings. The summed E-state index contributed by atoms with van der Waals surface area (Å²) in [4.78, 5) is 21.0. The van der Waals surface area contributed by atoms with Crippen LogP contribution in [0.3, 0.4) is 0 Å². The molecule has 0 bridgehead atoms. The average Bonchev–Trinajstić information content (AvgIpc) is 2.48. The van der Waals surface area contributed by atoms with Crippen LogP contribution in [0, 0.1) is 10.1 Å². The van der Waals surface area contributed by atoms with Crippen molar-refractivity contribution in [1.82, 2.24) is 0 Å². The first kappa shape index (κ1) is 14.4. The number of rotatable bonds is 6. The lowest BCUT2D eigenvalue weighted by Gasteiger charge is -2.03. The number of carbonyl (C=O) groups is 1. The molecule has 1 amide bonds. The molecule has 0 saturated heterocycles. The fourth-order valence-electron chi connectivity index (χ4n) is 1.70. The van der Waals surface area contributed by atoms with Gasteiger partial charge in [0, 0.05) is 24.3 Å². The van der Waals surface area contributed by atoms with Crippen LogP contribution in [0.25, 0.3) is 0 Å². The van der Waals surface area contributed by atoms with Gasteiger partial charge in [-0.3, -0.25) is 14.9 Å². The largest absolute Gasteiger partial charge is 0.487 e. The quantitative estimate of drug-likeness (QED) is 0.488. The fraction of sp³-hybridized carbons (Fsp3) is 0.143. The van der Waals surface area contributed by atoms with E-state index in [-0.39, 0.29) is 5.69 Å². The Labute approximate surface area is 120 Å². The van der Waals surface area contributed by atoms with Crippen molar-refractivity contribution >= 4 is 11.6 Å². The molecular formula is C14H14N3O4+. The van der Waals surface area contributed by atoms with Crippen molar-refractivity contribution in [1.29, 1.82) is 0 Å². The van der Waals surface area contributed by atoms with Gasteiger partial charge in [-0.05, 0) is 12.1 Å². The third-order valence-corrected chi connectivity index (χ3v) is 2.84. The number of nitrogens with two attached hydrogens (primary N) is 1. The van der Waals surface area contributed by atoms with Crippen molar-refractivity contribution in [3.05, 3.63) is 64.5 Å².